The lowest BCUT2D eigenvalue weighted by molar-refractivity contribution is 0.00558. The van der Waals surface area contributed by atoms with Crippen molar-refractivity contribution in [3.05, 3.63) is 59.4 Å². The number of hydrogen-bond acceptors (Lipinski definition) is 9. The molecule has 0 amide bonds. The molecule has 2 saturated heterocycles. The molecule has 2 aromatic heterocycles. The molecule has 0 spiro atoms. The van der Waals surface area contributed by atoms with Gasteiger partial charge in [-0.25, -0.2) is 18.5 Å². The van der Waals surface area contributed by atoms with E-state index in [9.17, 15) is 9.32 Å². The lowest BCUT2D eigenvalue weighted by atomic mass is 10.1. The van der Waals surface area contributed by atoms with Gasteiger partial charge in [-0.1, -0.05) is 35.9 Å². The zero-order chi connectivity index (χ0) is 27.3. The topological polar surface area (TPSA) is 119 Å². The summed E-state index contributed by atoms with van der Waals surface area (Å²) in [6, 6.07) is 13.3. The second-order valence-electron chi connectivity index (χ2n) is 9.93. The predicted molar refractivity (Wildman–Crippen MR) is 149 cm³/mol. The summed E-state index contributed by atoms with van der Waals surface area (Å²) >= 11 is 6.61. The van der Waals surface area contributed by atoms with Crippen LogP contribution in [0.5, 0.6) is 0 Å². The molecular weight excluding hydrogens is 542 g/mol. The molecule has 1 unspecified atom stereocenters. The third kappa shape index (κ3) is 5.18. The Morgan fingerprint density at radius 3 is 2.56 bits per heavy atom. The molecule has 6 rings (SSSR count). The number of fused-ring (bicyclic) bond motifs is 2. The Labute approximate surface area is 231 Å². The molecule has 10 nitrogen and oxygen atoms in total. The molecule has 0 bridgehead atoms. The van der Waals surface area contributed by atoms with Gasteiger partial charge < -0.3 is 19.3 Å². The van der Waals surface area contributed by atoms with E-state index in [0.717, 1.165) is 22.5 Å². The number of pyridine rings is 2. The van der Waals surface area contributed by atoms with Crippen molar-refractivity contribution in [1.29, 1.82) is 0 Å². The van der Waals surface area contributed by atoms with Crippen LogP contribution in [0.4, 0.5) is 11.4 Å². The van der Waals surface area contributed by atoms with Gasteiger partial charge in [0.25, 0.3) is 0 Å². The Kier molecular flexibility index (Phi) is 6.90. The Hall–Kier alpha value is -2.93. The normalized spacial score (nSPS) is 25.2. The predicted octanol–water partition coefficient (Wildman–Crippen LogP) is 3.80. The highest BCUT2D eigenvalue weighted by atomic mass is 35.5. The zero-order valence-corrected chi connectivity index (χ0v) is 23.2. The highest BCUT2D eigenvalue weighted by Gasteiger charge is 2.49. The van der Waals surface area contributed by atoms with Crippen LogP contribution in [0.2, 0.25) is 5.02 Å². The standard InChI is InChI=1S/C27H28ClN5O5S/c1-33(2)39(3,35)32-17-8-9-19(29-12-17)15-4-6-16(7-5-15)25-18(28)10-20-21(31-25)11-24(30-20)38-23-14-37-26-22(34)13-36-27(23)26/h4-10,12,22-23,26-27,34H,11,13-14H2,1-3H3/t22-,23-,26-,27-,39?/m1/s1. The van der Waals surface area contributed by atoms with E-state index in [0.29, 0.717) is 41.0 Å². The summed E-state index contributed by atoms with van der Waals surface area (Å²) in [5, 5.41) is 10.4. The smallest absolute Gasteiger partial charge is 0.195 e. The summed E-state index contributed by atoms with van der Waals surface area (Å²) in [5.41, 5.74) is 5.24. The molecule has 2 fully saturated rings. The first-order valence-corrected chi connectivity index (χ1v) is 14.7. The van der Waals surface area contributed by atoms with Gasteiger partial charge in [0.15, 0.2) is 12.0 Å². The molecule has 0 saturated carbocycles. The van der Waals surface area contributed by atoms with E-state index < -0.39 is 16.0 Å². The lowest BCUT2D eigenvalue weighted by Gasteiger charge is -2.17. The van der Waals surface area contributed by atoms with Crippen LogP contribution in [-0.2, 0) is 30.5 Å². The Morgan fingerprint density at radius 1 is 1.10 bits per heavy atom. The van der Waals surface area contributed by atoms with Crippen LogP contribution in [0.1, 0.15) is 5.69 Å². The number of aliphatic hydroxyl groups excluding tert-OH is 1. The average Bonchev–Trinajstić information content (AvgIpc) is 3.60. The number of halogens is 1. The SMILES string of the molecule is CN(C)S(C)(=O)=Nc1ccc(-c2ccc(-c3nc4c(cc3Cl)N=C(O[C@@H]3CO[C@H]5[C@@H]3OC[C@H]5O)C4)cc2)nc1. The molecule has 5 heterocycles. The van der Waals surface area contributed by atoms with Gasteiger partial charge in [0.2, 0.25) is 0 Å². The minimum Gasteiger partial charge on any atom is -0.472 e. The first-order chi connectivity index (χ1) is 18.7. The fraction of sp³-hybridized carbons (Fsp3) is 0.370. The number of benzene rings is 1. The van der Waals surface area contributed by atoms with Crippen LogP contribution in [-0.4, -0.2) is 87.5 Å². The fourth-order valence-corrected chi connectivity index (χ4v) is 5.66. The van der Waals surface area contributed by atoms with Gasteiger partial charge in [-0.3, -0.25) is 4.98 Å². The van der Waals surface area contributed by atoms with E-state index in [4.69, 9.17) is 30.8 Å². The first kappa shape index (κ1) is 26.3. The minimum atomic E-state index is -2.48. The highest BCUT2D eigenvalue weighted by molar-refractivity contribution is 7.90. The van der Waals surface area contributed by atoms with E-state index in [1.165, 1.54) is 0 Å². The monoisotopic (exact) mass is 569 g/mol. The molecule has 204 valence electrons. The van der Waals surface area contributed by atoms with Gasteiger partial charge in [-0.2, -0.15) is 4.36 Å². The maximum atomic E-state index is 12.5. The molecule has 39 heavy (non-hydrogen) atoms. The summed E-state index contributed by atoms with van der Waals surface area (Å²) in [6.07, 6.45) is 2.04. The summed E-state index contributed by atoms with van der Waals surface area (Å²) in [6.45, 7) is 0.589. The van der Waals surface area contributed by atoms with E-state index in [2.05, 4.69) is 14.3 Å². The molecule has 1 N–H and O–H groups in total. The van der Waals surface area contributed by atoms with E-state index in [-0.39, 0.29) is 24.9 Å². The number of aliphatic imine (C=N–C) groups is 1. The Balaban J connectivity index is 1.16. The van der Waals surface area contributed by atoms with Gasteiger partial charge in [-0.15, -0.1) is 0 Å². The van der Waals surface area contributed by atoms with Crippen molar-refractivity contribution in [2.45, 2.75) is 30.8 Å². The summed E-state index contributed by atoms with van der Waals surface area (Å²) in [4.78, 5) is 13.9. The molecule has 5 atom stereocenters. The van der Waals surface area contributed by atoms with Crippen molar-refractivity contribution in [3.63, 3.8) is 0 Å². The molecular formula is C27H28ClN5O5S. The van der Waals surface area contributed by atoms with Crippen LogP contribution in [0.3, 0.4) is 0 Å². The van der Waals surface area contributed by atoms with Crippen LogP contribution < -0.4 is 0 Å². The number of aliphatic hydroxyl groups is 1. The quantitative estimate of drug-likeness (QED) is 0.496. The van der Waals surface area contributed by atoms with Gasteiger partial charge in [0, 0.05) is 31.5 Å². The lowest BCUT2D eigenvalue weighted by Crippen LogP contribution is -2.34. The molecule has 3 aromatic rings. The number of aromatic nitrogens is 2. The van der Waals surface area contributed by atoms with E-state index >= 15 is 0 Å². The van der Waals surface area contributed by atoms with E-state index in [1.807, 2.05) is 30.3 Å². The maximum absolute atomic E-state index is 12.5. The first-order valence-electron chi connectivity index (χ1n) is 12.5. The maximum Gasteiger partial charge on any atom is 0.195 e. The number of ether oxygens (including phenoxy) is 3. The third-order valence-corrected chi connectivity index (χ3v) is 9.21. The van der Waals surface area contributed by atoms with Gasteiger partial charge in [0.1, 0.15) is 28.2 Å². The molecule has 0 radical (unpaired) electrons. The molecule has 3 aliphatic heterocycles. The zero-order valence-electron chi connectivity index (χ0n) is 21.7. The summed E-state index contributed by atoms with van der Waals surface area (Å²) in [7, 11) is 0.986. The largest absolute Gasteiger partial charge is 0.472 e. The fourth-order valence-electron chi connectivity index (χ4n) is 4.74. The second kappa shape index (κ2) is 10.2. The van der Waals surface area contributed by atoms with Crippen LogP contribution in [0.15, 0.2) is 58.0 Å². The van der Waals surface area contributed by atoms with E-state index in [1.54, 1.807) is 43.0 Å². The van der Waals surface area contributed by atoms with Gasteiger partial charge in [-0.05, 0) is 18.2 Å². The van der Waals surface area contributed by atoms with Crippen LogP contribution in [0, 0.1) is 0 Å². The van der Waals surface area contributed by atoms with Crippen LogP contribution >= 0.6 is 11.6 Å². The van der Waals surface area contributed by atoms with Crippen molar-refractivity contribution >= 4 is 38.8 Å². The summed E-state index contributed by atoms with van der Waals surface area (Å²) in [5.74, 6) is 0.533. The average molecular weight is 570 g/mol. The number of rotatable bonds is 5. The van der Waals surface area contributed by atoms with Crippen molar-refractivity contribution in [2.24, 2.45) is 9.36 Å². The van der Waals surface area contributed by atoms with Crippen molar-refractivity contribution in [1.82, 2.24) is 14.3 Å². The number of nitrogens with zero attached hydrogens (tertiary/aromatic N) is 5. The second-order valence-corrected chi connectivity index (χ2v) is 12.8. The van der Waals surface area contributed by atoms with Gasteiger partial charge >= 0.3 is 0 Å². The molecule has 0 aliphatic carbocycles. The van der Waals surface area contributed by atoms with Crippen molar-refractivity contribution < 1.29 is 23.5 Å². The molecule has 1 aromatic carbocycles. The van der Waals surface area contributed by atoms with Crippen molar-refractivity contribution in [3.8, 4) is 22.5 Å². The van der Waals surface area contributed by atoms with Gasteiger partial charge in [0.05, 0.1) is 59.3 Å². The summed E-state index contributed by atoms with van der Waals surface area (Å²) < 4.78 is 35.8. The molecule has 3 aliphatic rings. The molecule has 12 heteroatoms. The van der Waals surface area contributed by atoms with Crippen LogP contribution in [0.25, 0.3) is 22.5 Å². The highest BCUT2D eigenvalue weighted by Crippen LogP contribution is 2.37. The Morgan fingerprint density at radius 2 is 1.85 bits per heavy atom. The Bertz CT molecular complexity index is 1550. The third-order valence-electron chi connectivity index (χ3n) is 7.02. The minimum absolute atomic E-state index is 0.247. The van der Waals surface area contributed by atoms with Crippen molar-refractivity contribution in [2.75, 3.05) is 33.6 Å². The number of hydrogen-bond donors (Lipinski definition) is 1.